The Kier molecular flexibility index (Phi) is 9.18. The molecule has 4 amide bonds. The molecule has 256 valence electrons. The fourth-order valence-electron chi connectivity index (χ4n) is 7.78. The maximum Gasteiger partial charge on any atom is 0.264 e. The highest BCUT2D eigenvalue weighted by Gasteiger charge is 2.38. The van der Waals surface area contributed by atoms with Gasteiger partial charge in [0.15, 0.2) is 24.7 Å². The van der Waals surface area contributed by atoms with Gasteiger partial charge in [0.2, 0.25) is 0 Å². The second-order valence-electron chi connectivity index (χ2n) is 13.5. The minimum Gasteiger partial charge on any atom is -0.481 e. The van der Waals surface area contributed by atoms with E-state index in [4.69, 9.17) is 32.7 Å². The number of benzene rings is 2. The van der Waals surface area contributed by atoms with Gasteiger partial charge in [0.05, 0.1) is 22.5 Å². The Morgan fingerprint density at radius 2 is 1.04 bits per heavy atom. The van der Waals surface area contributed by atoms with Crippen molar-refractivity contribution in [2.75, 3.05) is 76.4 Å². The lowest BCUT2D eigenvalue weighted by atomic mass is 9.84. The van der Waals surface area contributed by atoms with E-state index in [0.717, 1.165) is 65.0 Å². The number of rotatable bonds is 4. The number of piperidine rings is 6. The van der Waals surface area contributed by atoms with Gasteiger partial charge in [-0.15, -0.1) is 0 Å². The lowest BCUT2D eigenvalue weighted by Crippen LogP contribution is -2.57. The summed E-state index contributed by atoms with van der Waals surface area (Å²) in [5, 5.41) is 7.12. The van der Waals surface area contributed by atoms with Gasteiger partial charge in [-0.3, -0.25) is 19.2 Å². The van der Waals surface area contributed by atoms with E-state index >= 15 is 0 Å². The summed E-state index contributed by atoms with van der Waals surface area (Å²) in [5.74, 6) is 1.26. The molecule has 0 aromatic heterocycles. The number of halogens is 2. The first kappa shape index (κ1) is 32.9. The number of ether oxygens (including phenoxy) is 2. The highest BCUT2D eigenvalue weighted by molar-refractivity contribution is 6.32. The molecule has 2 unspecified atom stereocenters. The van der Waals surface area contributed by atoms with Crippen LogP contribution in [0.4, 0.5) is 11.4 Å². The van der Waals surface area contributed by atoms with Crippen LogP contribution in [-0.2, 0) is 9.59 Å². The minimum absolute atomic E-state index is 0.0642. The van der Waals surface area contributed by atoms with Gasteiger partial charge in [-0.25, -0.2) is 0 Å². The summed E-state index contributed by atoms with van der Waals surface area (Å²) in [4.78, 5) is 57.0. The lowest BCUT2D eigenvalue weighted by Gasteiger charge is -2.45. The molecule has 6 fully saturated rings. The van der Waals surface area contributed by atoms with Crippen molar-refractivity contribution in [3.05, 3.63) is 45.4 Å². The van der Waals surface area contributed by atoms with E-state index in [0.29, 0.717) is 55.9 Å². The van der Waals surface area contributed by atoms with Crippen LogP contribution in [0.5, 0.6) is 11.5 Å². The van der Waals surface area contributed by atoms with Crippen molar-refractivity contribution in [1.29, 1.82) is 0 Å². The Morgan fingerprint density at radius 1 is 0.667 bits per heavy atom. The van der Waals surface area contributed by atoms with E-state index in [2.05, 4.69) is 20.4 Å². The van der Waals surface area contributed by atoms with Crippen LogP contribution >= 0.6 is 23.2 Å². The summed E-state index contributed by atoms with van der Waals surface area (Å²) >= 11 is 12.3. The predicted molar refractivity (Wildman–Crippen MR) is 182 cm³/mol. The molecule has 10 rings (SSSR count). The molecule has 14 heteroatoms. The zero-order chi connectivity index (χ0) is 33.7. The van der Waals surface area contributed by atoms with Crippen LogP contribution < -0.4 is 29.9 Å². The van der Waals surface area contributed by atoms with Crippen molar-refractivity contribution in [2.24, 2.45) is 11.8 Å². The van der Waals surface area contributed by atoms with E-state index in [9.17, 15) is 19.2 Å². The number of fused-ring (bicyclic) bond motifs is 8. The maximum atomic E-state index is 12.8. The zero-order valence-electron chi connectivity index (χ0n) is 27.1. The van der Waals surface area contributed by atoms with Gasteiger partial charge >= 0.3 is 0 Å². The summed E-state index contributed by atoms with van der Waals surface area (Å²) < 4.78 is 11.1. The van der Waals surface area contributed by atoms with E-state index in [1.165, 1.54) is 9.80 Å². The fraction of sp³-hybridized carbons (Fsp3) is 0.529. The molecule has 2 atom stereocenters. The highest BCUT2D eigenvalue weighted by Crippen LogP contribution is 2.39. The van der Waals surface area contributed by atoms with Gasteiger partial charge < -0.3 is 39.7 Å². The normalized spacial score (nSPS) is 28.3. The van der Waals surface area contributed by atoms with E-state index in [1.54, 1.807) is 38.4 Å². The van der Waals surface area contributed by atoms with Crippen LogP contribution in [0, 0.1) is 11.8 Å². The average molecular weight is 700 g/mol. The Hall–Kier alpha value is -3.58. The maximum absolute atomic E-state index is 12.8. The van der Waals surface area contributed by atoms with Gasteiger partial charge in [0.1, 0.15) is 0 Å². The summed E-state index contributed by atoms with van der Waals surface area (Å²) in [5.41, 5.74) is 1.87. The molecular weight excluding hydrogens is 659 g/mol. The number of anilines is 2. The van der Waals surface area contributed by atoms with E-state index in [1.807, 2.05) is 0 Å². The lowest BCUT2D eigenvalue weighted by molar-refractivity contribution is -0.121. The predicted octanol–water partition coefficient (Wildman–Crippen LogP) is 3.04. The topological polar surface area (TPSA) is 124 Å². The number of hydrogen-bond donors (Lipinski definition) is 2. The number of nitrogens with one attached hydrogen (secondary N) is 2. The SMILES string of the molecule is CN1C(=O)COc2c(C(=O)NC3CN4CCC3CC4)cc(Cl)cc21.CN1C(=O)COc2c(C(=O)NC3CN4CCC3CC4)cc(Cl)cc21. The van der Waals surface area contributed by atoms with Gasteiger partial charge in [0, 0.05) is 49.3 Å². The number of nitrogens with zero attached hydrogens (tertiary/aromatic N) is 4. The van der Waals surface area contributed by atoms with Crippen LogP contribution in [0.1, 0.15) is 46.4 Å². The number of carbonyl (C=O) groups is 4. The number of amides is 4. The largest absolute Gasteiger partial charge is 0.481 e. The molecule has 8 aliphatic rings. The van der Waals surface area contributed by atoms with Crippen molar-refractivity contribution in [2.45, 2.75) is 37.8 Å². The Bertz CT molecular complexity index is 1520. The van der Waals surface area contributed by atoms with E-state index in [-0.39, 0.29) is 48.9 Å². The Morgan fingerprint density at radius 3 is 1.38 bits per heavy atom. The van der Waals surface area contributed by atoms with Crippen molar-refractivity contribution < 1.29 is 28.7 Å². The van der Waals surface area contributed by atoms with Crippen molar-refractivity contribution >= 4 is 58.2 Å². The molecule has 2 N–H and O–H groups in total. The van der Waals surface area contributed by atoms with Crippen LogP contribution in [-0.4, -0.2) is 112 Å². The van der Waals surface area contributed by atoms with Gasteiger partial charge in [-0.05, 0) is 88.0 Å². The quantitative estimate of drug-likeness (QED) is 0.500. The minimum atomic E-state index is -0.185. The molecule has 8 heterocycles. The van der Waals surface area contributed by atoms with Crippen LogP contribution in [0.2, 0.25) is 10.0 Å². The van der Waals surface area contributed by atoms with Gasteiger partial charge in [-0.1, -0.05) is 23.2 Å². The molecule has 0 aliphatic carbocycles. The van der Waals surface area contributed by atoms with Crippen molar-refractivity contribution in [3.8, 4) is 11.5 Å². The first-order valence-corrected chi connectivity index (χ1v) is 17.3. The number of likely N-dealkylation sites (N-methyl/N-ethyl adjacent to an activating group) is 2. The standard InChI is InChI=1S/2C17H20ClN3O3/c2*1-20-14-7-11(18)6-12(16(14)24-9-15(20)22)17(23)19-13-8-21-4-2-10(13)3-5-21/h2*6-7,10,13H,2-5,8-9H2,1H3,(H,19,23). The van der Waals surface area contributed by atoms with Crippen LogP contribution in [0.3, 0.4) is 0 Å². The summed E-state index contributed by atoms with van der Waals surface area (Å²) in [6.07, 6.45) is 4.53. The fourth-order valence-corrected chi connectivity index (χ4v) is 8.20. The molecule has 2 aromatic carbocycles. The van der Waals surface area contributed by atoms with Crippen LogP contribution in [0.25, 0.3) is 0 Å². The molecular formula is C34H40Cl2N6O6. The van der Waals surface area contributed by atoms with E-state index < -0.39 is 0 Å². The van der Waals surface area contributed by atoms with Crippen molar-refractivity contribution in [3.63, 3.8) is 0 Å². The second-order valence-corrected chi connectivity index (χ2v) is 14.4. The Labute approximate surface area is 289 Å². The summed E-state index contributed by atoms with van der Waals surface area (Å²) in [6, 6.07) is 6.86. The Balaban J connectivity index is 0.000000152. The molecule has 0 radical (unpaired) electrons. The molecule has 48 heavy (non-hydrogen) atoms. The monoisotopic (exact) mass is 698 g/mol. The first-order chi connectivity index (χ1) is 23.0. The smallest absolute Gasteiger partial charge is 0.264 e. The third-order valence-electron chi connectivity index (χ3n) is 10.7. The second kappa shape index (κ2) is 13.4. The van der Waals surface area contributed by atoms with Crippen LogP contribution in [0.15, 0.2) is 24.3 Å². The number of carbonyl (C=O) groups excluding carboxylic acids is 4. The first-order valence-electron chi connectivity index (χ1n) is 16.6. The third-order valence-corrected chi connectivity index (χ3v) is 11.1. The molecule has 0 spiro atoms. The average Bonchev–Trinajstić information content (AvgIpc) is 3.09. The molecule has 6 saturated heterocycles. The highest BCUT2D eigenvalue weighted by atomic mass is 35.5. The molecule has 4 bridgehead atoms. The third kappa shape index (κ3) is 6.43. The number of hydrogen-bond acceptors (Lipinski definition) is 8. The molecule has 8 aliphatic heterocycles. The zero-order valence-corrected chi connectivity index (χ0v) is 28.6. The summed E-state index contributed by atoms with van der Waals surface area (Å²) in [6.45, 7) is 6.17. The van der Waals surface area contributed by atoms with Crippen molar-refractivity contribution in [1.82, 2.24) is 20.4 Å². The molecule has 2 aromatic rings. The molecule has 0 saturated carbocycles. The summed E-state index contributed by atoms with van der Waals surface area (Å²) in [7, 11) is 3.32. The van der Waals surface area contributed by atoms with Gasteiger partial charge in [-0.2, -0.15) is 0 Å². The van der Waals surface area contributed by atoms with Gasteiger partial charge in [0.25, 0.3) is 23.6 Å². The molecule has 12 nitrogen and oxygen atoms in total.